The van der Waals surface area contributed by atoms with Crippen molar-refractivity contribution in [3.63, 3.8) is 0 Å². The van der Waals surface area contributed by atoms with Crippen molar-refractivity contribution in [1.29, 1.82) is 0 Å². The van der Waals surface area contributed by atoms with E-state index in [0.717, 1.165) is 18.5 Å². The van der Waals surface area contributed by atoms with Crippen LogP contribution in [0.2, 0.25) is 0 Å². The molecule has 0 saturated carbocycles. The minimum atomic E-state index is 0.182. The number of hydrogen-bond acceptors (Lipinski definition) is 4. The standard InChI is InChI=1S/C13H16BrN3S/c1-3-4-17-12(10-6-15-8-16-7-10)11-5-9(2)13(14)18-11/h5-8,12,17H,3-4H2,1-2H3. The van der Waals surface area contributed by atoms with Gasteiger partial charge in [0.05, 0.1) is 9.83 Å². The molecule has 3 nitrogen and oxygen atoms in total. The van der Waals surface area contributed by atoms with E-state index >= 15 is 0 Å². The van der Waals surface area contributed by atoms with E-state index in [9.17, 15) is 0 Å². The Labute approximate surface area is 120 Å². The molecule has 2 rings (SSSR count). The Hall–Kier alpha value is -0.780. The lowest BCUT2D eigenvalue weighted by atomic mass is 10.1. The molecule has 5 heteroatoms. The van der Waals surface area contributed by atoms with E-state index in [4.69, 9.17) is 0 Å². The first kappa shape index (κ1) is 13.6. The fourth-order valence-electron chi connectivity index (χ4n) is 1.76. The Morgan fingerprint density at radius 2 is 2.11 bits per heavy atom. The van der Waals surface area contributed by atoms with Crippen molar-refractivity contribution in [2.75, 3.05) is 6.54 Å². The van der Waals surface area contributed by atoms with Crippen LogP contribution in [0.1, 0.15) is 35.4 Å². The maximum absolute atomic E-state index is 4.11. The van der Waals surface area contributed by atoms with Crippen LogP contribution in [0, 0.1) is 6.92 Å². The number of rotatable bonds is 5. The summed E-state index contributed by atoms with van der Waals surface area (Å²) in [4.78, 5) is 9.51. The number of hydrogen-bond donors (Lipinski definition) is 1. The Bertz CT molecular complexity index is 479. The summed E-state index contributed by atoms with van der Waals surface area (Å²) >= 11 is 5.35. The van der Waals surface area contributed by atoms with Crippen LogP contribution < -0.4 is 5.32 Å². The van der Waals surface area contributed by atoms with Gasteiger partial charge < -0.3 is 5.32 Å². The lowest BCUT2D eigenvalue weighted by Gasteiger charge is -2.16. The van der Waals surface area contributed by atoms with Gasteiger partial charge in [0.1, 0.15) is 6.33 Å². The number of aromatic nitrogens is 2. The second kappa shape index (κ2) is 6.41. The summed E-state index contributed by atoms with van der Waals surface area (Å²) in [6.07, 6.45) is 6.43. The van der Waals surface area contributed by atoms with Crippen LogP contribution >= 0.6 is 27.3 Å². The molecule has 0 saturated heterocycles. The quantitative estimate of drug-likeness (QED) is 0.910. The number of nitrogens with zero attached hydrogens (tertiary/aromatic N) is 2. The van der Waals surface area contributed by atoms with Gasteiger partial charge in [-0.1, -0.05) is 6.92 Å². The molecule has 2 aromatic heterocycles. The Kier molecular flexibility index (Phi) is 4.86. The number of aryl methyl sites for hydroxylation is 1. The third-order valence-corrected chi connectivity index (χ3v) is 4.87. The smallest absolute Gasteiger partial charge is 0.115 e. The van der Waals surface area contributed by atoms with Gasteiger partial charge in [0.15, 0.2) is 0 Å². The lowest BCUT2D eigenvalue weighted by molar-refractivity contribution is 0.602. The minimum Gasteiger partial charge on any atom is -0.306 e. The molecule has 0 fully saturated rings. The molecule has 0 bridgehead atoms. The summed E-state index contributed by atoms with van der Waals surface area (Å²) in [7, 11) is 0. The van der Waals surface area contributed by atoms with E-state index in [1.807, 2.05) is 12.4 Å². The summed E-state index contributed by atoms with van der Waals surface area (Å²) in [6, 6.07) is 2.40. The predicted molar refractivity (Wildman–Crippen MR) is 78.9 cm³/mol. The molecule has 2 heterocycles. The molecule has 1 unspecified atom stereocenters. The van der Waals surface area contributed by atoms with Gasteiger partial charge in [0, 0.05) is 22.8 Å². The zero-order valence-corrected chi connectivity index (χ0v) is 12.9. The molecular formula is C13H16BrN3S. The molecule has 18 heavy (non-hydrogen) atoms. The van der Waals surface area contributed by atoms with Crippen LogP contribution in [0.15, 0.2) is 28.6 Å². The van der Waals surface area contributed by atoms with Crippen molar-refractivity contribution in [3.8, 4) is 0 Å². The molecule has 96 valence electrons. The summed E-state index contributed by atoms with van der Waals surface area (Å²) < 4.78 is 1.19. The van der Waals surface area contributed by atoms with Crippen molar-refractivity contribution in [3.05, 3.63) is 44.6 Å². The molecule has 0 spiro atoms. The zero-order valence-electron chi connectivity index (χ0n) is 10.5. The Balaban J connectivity index is 2.30. The minimum absolute atomic E-state index is 0.182. The maximum Gasteiger partial charge on any atom is 0.115 e. The van der Waals surface area contributed by atoms with Gasteiger partial charge in [0.2, 0.25) is 0 Å². The third kappa shape index (κ3) is 3.16. The first-order valence-corrected chi connectivity index (χ1v) is 7.57. The topological polar surface area (TPSA) is 37.8 Å². The molecule has 0 amide bonds. The van der Waals surface area contributed by atoms with E-state index in [2.05, 4.69) is 51.1 Å². The molecule has 1 N–H and O–H groups in total. The fraction of sp³-hybridized carbons (Fsp3) is 0.385. The summed E-state index contributed by atoms with van der Waals surface area (Å²) in [6.45, 7) is 5.26. The molecule has 0 aliphatic heterocycles. The summed E-state index contributed by atoms with van der Waals surface area (Å²) in [5, 5.41) is 3.55. The highest BCUT2D eigenvalue weighted by atomic mass is 79.9. The Morgan fingerprint density at radius 3 is 2.67 bits per heavy atom. The highest BCUT2D eigenvalue weighted by Gasteiger charge is 2.17. The van der Waals surface area contributed by atoms with Crippen molar-refractivity contribution in [2.24, 2.45) is 0 Å². The maximum atomic E-state index is 4.11. The van der Waals surface area contributed by atoms with Gasteiger partial charge in [0.25, 0.3) is 0 Å². The first-order valence-electron chi connectivity index (χ1n) is 5.96. The number of halogens is 1. The molecule has 2 aromatic rings. The van der Waals surface area contributed by atoms with E-state index in [0.29, 0.717) is 0 Å². The van der Waals surface area contributed by atoms with Gasteiger partial charge in [-0.2, -0.15) is 0 Å². The SMILES string of the molecule is CCCNC(c1cncnc1)c1cc(C)c(Br)s1. The number of nitrogens with one attached hydrogen (secondary N) is 1. The van der Waals surface area contributed by atoms with E-state index in [-0.39, 0.29) is 6.04 Å². The normalized spacial score (nSPS) is 12.6. The van der Waals surface area contributed by atoms with E-state index in [1.54, 1.807) is 17.7 Å². The highest BCUT2D eigenvalue weighted by Crippen LogP contribution is 2.33. The largest absolute Gasteiger partial charge is 0.306 e. The molecular weight excluding hydrogens is 310 g/mol. The molecule has 1 atom stereocenters. The second-order valence-corrected chi connectivity index (χ2v) is 6.57. The van der Waals surface area contributed by atoms with Crippen LogP contribution in [0.3, 0.4) is 0 Å². The van der Waals surface area contributed by atoms with Gasteiger partial charge in [-0.05, 0) is 47.4 Å². The third-order valence-electron chi connectivity index (χ3n) is 2.67. The van der Waals surface area contributed by atoms with Crippen molar-refractivity contribution in [1.82, 2.24) is 15.3 Å². The van der Waals surface area contributed by atoms with Crippen molar-refractivity contribution >= 4 is 27.3 Å². The van der Waals surface area contributed by atoms with E-state index < -0.39 is 0 Å². The van der Waals surface area contributed by atoms with Gasteiger partial charge in [-0.15, -0.1) is 11.3 Å². The monoisotopic (exact) mass is 325 g/mol. The van der Waals surface area contributed by atoms with Crippen LogP contribution in [-0.4, -0.2) is 16.5 Å². The van der Waals surface area contributed by atoms with Crippen LogP contribution in [-0.2, 0) is 0 Å². The molecule has 0 aromatic carbocycles. The fourth-order valence-corrected chi connectivity index (χ4v) is 3.43. The summed E-state index contributed by atoms with van der Waals surface area (Å²) in [5.41, 5.74) is 2.38. The van der Waals surface area contributed by atoms with Crippen molar-refractivity contribution < 1.29 is 0 Å². The predicted octanol–water partition coefficient (Wildman–Crippen LogP) is 3.70. The van der Waals surface area contributed by atoms with Crippen molar-refractivity contribution in [2.45, 2.75) is 26.3 Å². The lowest BCUT2D eigenvalue weighted by Crippen LogP contribution is -2.22. The average molecular weight is 326 g/mol. The Morgan fingerprint density at radius 1 is 1.39 bits per heavy atom. The van der Waals surface area contributed by atoms with Crippen LogP contribution in [0.4, 0.5) is 0 Å². The van der Waals surface area contributed by atoms with Crippen LogP contribution in [0.5, 0.6) is 0 Å². The van der Waals surface area contributed by atoms with E-state index in [1.165, 1.54) is 14.2 Å². The van der Waals surface area contributed by atoms with Gasteiger partial charge >= 0.3 is 0 Å². The first-order chi connectivity index (χ1) is 8.72. The van der Waals surface area contributed by atoms with Gasteiger partial charge in [-0.3, -0.25) is 0 Å². The second-order valence-electron chi connectivity index (χ2n) is 4.16. The number of thiophene rings is 1. The average Bonchev–Trinajstić information content (AvgIpc) is 2.71. The van der Waals surface area contributed by atoms with Gasteiger partial charge in [-0.25, -0.2) is 9.97 Å². The van der Waals surface area contributed by atoms with Crippen LogP contribution in [0.25, 0.3) is 0 Å². The zero-order chi connectivity index (χ0) is 13.0. The molecule has 0 aliphatic carbocycles. The highest BCUT2D eigenvalue weighted by molar-refractivity contribution is 9.11. The summed E-state index contributed by atoms with van der Waals surface area (Å²) in [5.74, 6) is 0. The molecule has 0 aliphatic rings. The molecule has 0 radical (unpaired) electrons.